The average molecular weight is 288 g/mol. The van der Waals surface area contributed by atoms with E-state index in [0.29, 0.717) is 10.6 Å². The molecule has 0 radical (unpaired) electrons. The van der Waals surface area contributed by atoms with E-state index in [-0.39, 0.29) is 11.7 Å². The van der Waals surface area contributed by atoms with Crippen LogP contribution in [0.5, 0.6) is 0 Å². The van der Waals surface area contributed by atoms with Gasteiger partial charge in [0.25, 0.3) is 0 Å². The second kappa shape index (κ2) is 6.34. The fourth-order valence-corrected chi connectivity index (χ4v) is 2.75. The van der Waals surface area contributed by atoms with E-state index in [1.54, 1.807) is 55.6 Å². The monoisotopic (exact) mass is 288 g/mol. The molecule has 0 aromatic heterocycles. The van der Waals surface area contributed by atoms with Gasteiger partial charge in [-0.15, -0.1) is 0 Å². The summed E-state index contributed by atoms with van der Waals surface area (Å²) in [4.78, 5) is 14.3. The minimum atomic E-state index is -1.33. The van der Waals surface area contributed by atoms with Crippen molar-refractivity contribution < 1.29 is 9.00 Å². The Morgan fingerprint density at radius 1 is 1.10 bits per heavy atom. The van der Waals surface area contributed by atoms with E-state index < -0.39 is 10.8 Å². The smallest absolute Gasteiger partial charge is 0.239 e. The molecular weight excluding hydrogens is 272 g/mol. The van der Waals surface area contributed by atoms with Gasteiger partial charge in [-0.05, 0) is 36.4 Å². The van der Waals surface area contributed by atoms with Gasteiger partial charge in [0.2, 0.25) is 5.91 Å². The second-order valence-electron chi connectivity index (χ2n) is 4.35. The molecule has 2 N–H and O–H groups in total. The standard InChI is InChI=1S/C15H16N2O2S/c1-17(13-9-7-12(16)8-10-13)15(18)11-20(19)14-5-3-2-4-6-14/h2-10H,11,16H2,1H3. The zero-order chi connectivity index (χ0) is 14.5. The van der Waals surface area contributed by atoms with Gasteiger partial charge in [-0.25, -0.2) is 0 Å². The molecule has 0 aliphatic rings. The molecule has 104 valence electrons. The first-order valence-corrected chi connectivity index (χ1v) is 7.45. The molecule has 0 aliphatic heterocycles. The highest BCUT2D eigenvalue weighted by molar-refractivity contribution is 7.85. The molecule has 4 nitrogen and oxygen atoms in total. The van der Waals surface area contributed by atoms with Gasteiger partial charge in [0, 0.05) is 23.3 Å². The molecule has 1 amide bonds. The lowest BCUT2D eigenvalue weighted by molar-refractivity contribution is -0.115. The van der Waals surface area contributed by atoms with Crippen molar-refractivity contribution in [2.45, 2.75) is 4.90 Å². The van der Waals surface area contributed by atoms with Crippen LogP contribution in [0.25, 0.3) is 0 Å². The molecule has 2 rings (SSSR count). The van der Waals surface area contributed by atoms with Crippen LogP contribution in [0, 0.1) is 0 Å². The maximum absolute atomic E-state index is 12.1. The topological polar surface area (TPSA) is 63.4 Å². The Labute approximate surface area is 120 Å². The number of anilines is 2. The van der Waals surface area contributed by atoms with E-state index in [1.807, 2.05) is 6.07 Å². The lowest BCUT2D eigenvalue weighted by Crippen LogP contribution is -2.30. The van der Waals surface area contributed by atoms with E-state index >= 15 is 0 Å². The van der Waals surface area contributed by atoms with Crippen LogP contribution in [0.1, 0.15) is 0 Å². The average Bonchev–Trinajstić information content (AvgIpc) is 2.48. The number of nitrogen functional groups attached to an aromatic ring is 1. The number of rotatable bonds is 4. The Balaban J connectivity index is 2.05. The van der Waals surface area contributed by atoms with Crippen LogP contribution < -0.4 is 10.6 Å². The van der Waals surface area contributed by atoms with Crippen molar-refractivity contribution in [1.29, 1.82) is 0 Å². The maximum atomic E-state index is 12.1. The molecule has 0 heterocycles. The van der Waals surface area contributed by atoms with Crippen LogP contribution >= 0.6 is 0 Å². The van der Waals surface area contributed by atoms with Crippen molar-refractivity contribution in [2.75, 3.05) is 23.4 Å². The molecule has 5 heteroatoms. The first-order valence-electron chi connectivity index (χ1n) is 6.13. The summed E-state index contributed by atoms with van der Waals surface area (Å²) in [5.41, 5.74) is 6.98. The molecule has 1 atom stereocenters. The van der Waals surface area contributed by atoms with Crippen LogP contribution in [-0.2, 0) is 15.6 Å². The van der Waals surface area contributed by atoms with Gasteiger partial charge in [0.05, 0.1) is 10.8 Å². The molecule has 0 saturated carbocycles. The molecular formula is C15H16N2O2S. The quantitative estimate of drug-likeness (QED) is 0.876. The summed E-state index contributed by atoms with van der Waals surface area (Å²) in [6.07, 6.45) is 0. The molecule has 0 aliphatic carbocycles. The largest absolute Gasteiger partial charge is 0.399 e. The molecule has 0 spiro atoms. The van der Waals surface area contributed by atoms with Crippen LogP contribution in [0.15, 0.2) is 59.5 Å². The van der Waals surface area contributed by atoms with Gasteiger partial charge in [-0.3, -0.25) is 9.00 Å². The maximum Gasteiger partial charge on any atom is 0.239 e. The highest BCUT2D eigenvalue weighted by atomic mass is 32.2. The number of nitrogens with two attached hydrogens (primary N) is 1. The van der Waals surface area contributed by atoms with Crippen LogP contribution in [-0.4, -0.2) is 22.9 Å². The zero-order valence-corrected chi connectivity index (χ0v) is 12.0. The van der Waals surface area contributed by atoms with Gasteiger partial charge in [0.15, 0.2) is 0 Å². The first-order chi connectivity index (χ1) is 9.58. The number of carbonyl (C=O) groups is 1. The van der Waals surface area contributed by atoms with Crippen LogP contribution in [0.2, 0.25) is 0 Å². The third-order valence-corrected chi connectivity index (χ3v) is 4.22. The molecule has 0 saturated heterocycles. The molecule has 0 fully saturated rings. The van der Waals surface area contributed by atoms with Gasteiger partial charge in [-0.1, -0.05) is 18.2 Å². The Bertz CT molecular complexity index is 612. The predicted molar refractivity (Wildman–Crippen MR) is 82.0 cm³/mol. The predicted octanol–water partition coefficient (Wildman–Crippen LogP) is 2.04. The van der Waals surface area contributed by atoms with E-state index in [9.17, 15) is 9.00 Å². The highest BCUT2D eigenvalue weighted by Crippen LogP contribution is 2.16. The summed E-state index contributed by atoms with van der Waals surface area (Å²) < 4.78 is 12.1. The minimum Gasteiger partial charge on any atom is -0.399 e. The van der Waals surface area contributed by atoms with Crippen molar-refractivity contribution in [2.24, 2.45) is 0 Å². The van der Waals surface area contributed by atoms with Crippen molar-refractivity contribution >= 4 is 28.1 Å². The van der Waals surface area contributed by atoms with Gasteiger partial charge in [-0.2, -0.15) is 0 Å². The zero-order valence-electron chi connectivity index (χ0n) is 11.2. The van der Waals surface area contributed by atoms with Gasteiger partial charge in [0.1, 0.15) is 5.75 Å². The third kappa shape index (κ3) is 3.45. The molecule has 2 aromatic carbocycles. The normalized spacial score (nSPS) is 11.8. The fraction of sp³-hybridized carbons (Fsp3) is 0.133. The van der Waals surface area contributed by atoms with Crippen molar-refractivity contribution in [3.8, 4) is 0 Å². The van der Waals surface area contributed by atoms with Crippen LogP contribution in [0.4, 0.5) is 11.4 Å². The Kier molecular flexibility index (Phi) is 4.53. The molecule has 1 unspecified atom stereocenters. The summed E-state index contributed by atoms with van der Waals surface area (Å²) in [5, 5.41) is 0. The Hall–Kier alpha value is -2.14. The molecule has 2 aromatic rings. The Morgan fingerprint density at radius 2 is 1.70 bits per heavy atom. The summed E-state index contributed by atoms with van der Waals surface area (Å²) in [7, 11) is 0.335. The SMILES string of the molecule is CN(C(=O)CS(=O)c1ccccc1)c1ccc(N)cc1. The number of benzene rings is 2. The minimum absolute atomic E-state index is 0.0368. The van der Waals surface area contributed by atoms with Crippen LogP contribution in [0.3, 0.4) is 0 Å². The van der Waals surface area contributed by atoms with E-state index in [1.165, 1.54) is 4.90 Å². The molecule has 20 heavy (non-hydrogen) atoms. The van der Waals surface area contributed by atoms with Crippen molar-refractivity contribution in [3.63, 3.8) is 0 Å². The van der Waals surface area contributed by atoms with Crippen molar-refractivity contribution in [1.82, 2.24) is 0 Å². The number of hydrogen-bond acceptors (Lipinski definition) is 3. The van der Waals surface area contributed by atoms with Crippen molar-refractivity contribution in [3.05, 3.63) is 54.6 Å². The second-order valence-corrected chi connectivity index (χ2v) is 5.80. The van der Waals surface area contributed by atoms with E-state index in [2.05, 4.69) is 0 Å². The summed E-state index contributed by atoms with van der Waals surface area (Å²) in [5.74, 6) is -0.234. The van der Waals surface area contributed by atoms with E-state index in [4.69, 9.17) is 5.73 Å². The Morgan fingerprint density at radius 3 is 2.30 bits per heavy atom. The summed E-state index contributed by atoms with van der Waals surface area (Å²) in [6.45, 7) is 0. The number of nitrogens with zero attached hydrogens (tertiary/aromatic N) is 1. The number of amides is 1. The fourth-order valence-electron chi connectivity index (χ4n) is 1.71. The van der Waals surface area contributed by atoms with Gasteiger partial charge >= 0.3 is 0 Å². The summed E-state index contributed by atoms with van der Waals surface area (Å²) in [6, 6.07) is 16.0. The first kappa shape index (κ1) is 14.3. The lowest BCUT2D eigenvalue weighted by Gasteiger charge is -2.17. The third-order valence-electron chi connectivity index (χ3n) is 2.92. The highest BCUT2D eigenvalue weighted by Gasteiger charge is 2.15. The molecule has 0 bridgehead atoms. The van der Waals surface area contributed by atoms with Gasteiger partial charge < -0.3 is 10.6 Å². The number of hydrogen-bond donors (Lipinski definition) is 1. The number of carbonyl (C=O) groups excluding carboxylic acids is 1. The summed E-state index contributed by atoms with van der Waals surface area (Å²) >= 11 is 0. The van der Waals surface area contributed by atoms with E-state index in [0.717, 1.165) is 5.69 Å². The lowest BCUT2D eigenvalue weighted by atomic mass is 10.2.